The molecule has 0 N–H and O–H groups in total. The summed E-state index contributed by atoms with van der Waals surface area (Å²) in [6.07, 6.45) is 14.4. The molecule has 0 aliphatic carbocycles. The minimum absolute atomic E-state index is 0.397. The quantitative estimate of drug-likeness (QED) is 0.127. The molecule has 0 atom stereocenters. The summed E-state index contributed by atoms with van der Waals surface area (Å²) < 4.78 is 16.8. The Bertz CT molecular complexity index is 763. The van der Waals surface area contributed by atoms with E-state index in [1.807, 2.05) is 18.2 Å². The predicted octanol–water partition coefficient (Wildman–Crippen LogP) is 7.73. The molecular weight excluding hydrogens is 388 g/mol. The normalized spacial score (nSPS) is 10.9. The van der Waals surface area contributed by atoms with Crippen LogP contribution in [0.3, 0.4) is 0 Å². The maximum Gasteiger partial charge on any atom is 0.343 e. The Labute approximate surface area is 187 Å². The van der Waals surface area contributed by atoms with Crippen LogP contribution in [0.25, 0.3) is 0 Å². The van der Waals surface area contributed by atoms with Gasteiger partial charge < -0.3 is 14.2 Å². The van der Waals surface area contributed by atoms with Crippen molar-refractivity contribution < 1.29 is 19.0 Å². The number of rotatable bonds is 15. The van der Waals surface area contributed by atoms with Gasteiger partial charge in [0.1, 0.15) is 17.2 Å². The van der Waals surface area contributed by atoms with E-state index < -0.39 is 5.97 Å². The van der Waals surface area contributed by atoms with Gasteiger partial charge in [-0.05, 0) is 73.9 Å². The first-order valence-electron chi connectivity index (χ1n) is 11.6. The molecule has 0 amide bonds. The smallest absolute Gasteiger partial charge is 0.343 e. The van der Waals surface area contributed by atoms with E-state index in [-0.39, 0.29) is 0 Å². The number of allylic oxidation sites excluding steroid dienone is 1. The monoisotopic (exact) mass is 424 g/mol. The van der Waals surface area contributed by atoms with Crippen LogP contribution in [-0.2, 0) is 0 Å². The van der Waals surface area contributed by atoms with Gasteiger partial charge in [0, 0.05) is 0 Å². The third-order valence-electron chi connectivity index (χ3n) is 4.92. The van der Waals surface area contributed by atoms with Gasteiger partial charge in [0.05, 0.1) is 18.4 Å². The van der Waals surface area contributed by atoms with Crippen LogP contribution in [0.1, 0.15) is 82.0 Å². The summed E-state index contributed by atoms with van der Waals surface area (Å²) in [7, 11) is 0. The molecule has 168 valence electrons. The molecular formula is C27H36O4. The lowest BCUT2D eigenvalue weighted by molar-refractivity contribution is 0.0734. The summed E-state index contributed by atoms with van der Waals surface area (Å²) >= 11 is 0. The fraction of sp³-hybridized carbons (Fsp3) is 0.444. The van der Waals surface area contributed by atoms with Gasteiger partial charge in [-0.25, -0.2) is 4.79 Å². The SMILES string of the molecule is CCCCC=COc1ccc(C(=O)Oc2ccc(OCCCCCCCC)cc2)cc1. The Morgan fingerprint density at radius 2 is 1.35 bits per heavy atom. The van der Waals surface area contributed by atoms with Crippen molar-refractivity contribution in [2.45, 2.75) is 71.6 Å². The average molecular weight is 425 g/mol. The largest absolute Gasteiger partial charge is 0.494 e. The Balaban J connectivity index is 1.72. The van der Waals surface area contributed by atoms with E-state index >= 15 is 0 Å². The van der Waals surface area contributed by atoms with E-state index in [1.165, 1.54) is 32.1 Å². The molecule has 0 spiro atoms. The average Bonchev–Trinajstić information content (AvgIpc) is 2.80. The van der Waals surface area contributed by atoms with Gasteiger partial charge >= 0.3 is 5.97 Å². The lowest BCUT2D eigenvalue weighted by Crippen LogP contribution is -2.08. The predicted molar refractivity (Wildman–Crippen MR) is 126 cm³/mol. The van der Waals surface area contributed by atoms with Crippen LogP contribution in [0, 0.1) is 0 Å². The van der Waals surface area contributed by atoms with Crippen LogP contribution >= 0.6 is 0 Å². The molecule has 4 nitrogen and oxygen atoms in total. The summed E-state index contributed by atoms with van der Waals surface area (Å²) in [4.78, 5) is 12.4. The molecule has 0 bridgehead atoms. The third-order valence-corrected chi connectivity index (χ3v) is 4.92. The van der Waals surface area contributed by atoms with E-state index in [0.717, 1.165) is 31.4 Å². The number of hydrogen-bond acceptors (Lipinski definition) is 4. The van der Waals surface area contributed by atoms with Crippen LogP contribution in [-0.4, -0.2) is 12.6 Å². The van der Waals surface area contributed by atoms with Gasteiger partial charge in [-0.15, -0.1) is 0 Å². The molecule has 0 aliphatic rings. The van der Waals surface area contributed by atoms with Crippen LogP contribution in [0.15, 0.2) is 60.9 Å². The van der Waals surface area contributed by atoms with Crippen molar-refractivity contribution >= 4 is 5.97 Å². The first-order chi connectivity index (χ1) is 15.2. The molecule has 0 radical (unpaired) electrons. The maximum absolute atomic E-state index is 12.4. The maximum atomic E-state index is 12.4. The molecule has 4 heteroatoms. The summed E-state index contributed by atoms with van der Waals surface area (Å²) in [6, 6.07) is 14.1. The van der Waals surface area contributed by atoms with E-state index in [1.54, 1.807) is 42.7 Å². The summed E-state index contributed by atoms with van der Waals surface area (Å²) in [5, 5.41) is 0. The zero-order valence-electron chi connectivity index (χ0n) is 19.0. The molecule has 0 heterocycles. The van der Waals surface area contributed by atoms with Gasteiger partial charge in [0.2, 0.25) is 0 Å². The highest BCUT2D eigenvalue weighted by Gasteiger charge is 2.09. The van der Waals surface area contributed by atoms with Crippen LogP contribution in [0.4, 0.5) is 0 Å². The van der Waals surface area contributed by atoms with Gasteiger partial charge in [0.25, 0.3) is 0 Å². The van der Waals surface area contributed by atoms with Crippen molar-refractivity contribution in [3.8, 4) is 17.2 Å². The second-order valence-electron chi connectivity index (χ2n) is 7.63. The Kier molecular flexibility index (Phi) is 12.0. The van der Waals surface area contributed by atoms with Gasteiger partial charge in [-0.1, -0.05) is 52.4 Å². The molecule has 0 aliphatic heterocycles. The minimum Gasteiger partial charge on any atom is -0.494 e. The zero-order valence-corrected chi connectivity index (χ0v) is 19.0. The highest BCUT2D eigenvalue weighted by molar-refractivity contribution is 5.91. The zero-order chi connectivity index (χ0) is 22.2. The van der Waals surface area contributed by atoms with Crippen LogP contribution < -0.4 is 14.2 Å². The van der Waals surface area contributed by atoms with E-state index in [9.17, 15) is 4.79 Å². The molecule has 2 aromatic carbocycles. The molecule has 2 rings (SSSR count). The molecule has 31 heavy (non-hydrogen) atoms. The van der Waals surface area contributed by atoms with Crippen molar-refractivity contribution in [2.75, 3.05) is 6.61 Å². The molecule has 0 fully saturated rings. The van der Waals surface area contributed by atoms with Gasteiger partial charge in [0.15, 0.2) is 0 Å². The molecule has 2 aromatic rings. The number of unbranched alkanes of at least 4 members (excludes halogenated alkanes) is 7. The number of benzene rings is 2. The van der Waals surface area contributed by atoms with E-state index in [4.69, 9.17) is 14.2 Å². The Morgan fingerprint density at radius 3 is 2.06 bits per heavy atom. The lowest BCUT2D eigenvalue weighted by atomic mass is 10.1. The van der Waals surface area contributed by atoms with Gasteiger partial charge in [-0.2, -0.15) is 0 Å². The summed E-state index contributed by atoms with van der Waals surface area (Å²) in [5.41, 5.74) is 0.478. The highest BCUT2D eigenvalue weighted by atomic mass is 16.5. The lowest BCUT2D eigenvalue weighted by Gasteiger charge is -2.08. The molecule has 0 aromatic heterocycles. The number of carbonyl (C=O) groups excluding carboxylic acids is 1. The van der Waals surface area contributed by atoms with E-state index in [2.05, 4.69) is 13.8 Å². The second kappa shape index (κ2) is 15.1. The number of esters is 1. The van der Waals surface area contributed by atoms with Crippen molar-refractivity contribution in [2.24, 2.45) is 0 Å². The number of hydrogen-bond donors (Lipinski definition) is 0. The fourth-order valence-corrected chi connectivity index (χ4v) is 3.03. The van der Waals surface area contributed by atoms with Crippen molar-refractivity contribution in [1.29, 1.82) is 0 Å². The minimum atomic E-state index is -0.397. The van der Waals surface area contributed by atoms with Crippen molar-refractivity contribution in [3.05, 3.63) is 66.4 Å². The number of carbonyl (C=O) groups is 1. The Morgan fingerprint density at radius 1 is 0.742 bits per heavy atom. The first kappa shape index (κ1) is 24.5. The first-order valence-corrected chi connectivity index (χ1v) is 11.6. The van der Waals surface area contributed by atoms with Crippen molar-refractivity contribution in [1.82, 2.24) is 0 Å². The molecule has 0 saturated heterocycles. The standard InChI is InChI=1S/C27H36O4/c1-3-5-7-9-10-12-22-30-25-17-19-26(20-18-25)31-27(28)23-13-15-24(16-14-23)29-21-11-8-6-4-2/h11,13-21H,3-10,12,22H2,1-2H3. The van der Waals surface area contributed by atoms with Gasteiger partial charge in [-0.3, -0.25) is 0 Å². The fourth-order valence-electron chi connectivity index (χ4n) is 3.03. The Hall–Kier alpha value is -2.75. The number of ether oxygens (including phenoxy) is 3. The van der Waals surface area contributed by atoms with Crippen LogP contribution in [0.5, 0.6) is 17.2 Å². The summed E-state index contributed by atoms with van der Waals surface area (Å²) in [6.45, 7) is 5.10. The van der Waals surface area contributed by atoms with Crippen LogP contribution in [0.2, 0.25) is 0 Å². The highest BCUT2D eigenvalue weighted by Crippen LogP contribution is 2.20. The van der Waals surface area contributed by atoms with Crippen molar-refractivity contribution in [3.63, 3.8) is 0 Å². The third kappa shape index (κ3) is 10.2. The van der Waals surface area contributed by atoms with E-state index in [0.29, 0.717) is 23.7 Å². The topological polar surface area (TPSA) is 44.8 Å². The molecule has 0 unspecified atom stereocenters. The summed E-state index contributed by atoms with van der Waals surface area (Å²) in [5.74, 6) is 1.58. The molecule has 0 saturated carbocycles. The second-order valence-corrected chi connectivity index (χ2v) is 7.63.